The molecular weight excluding hydrogens is 985 g/mol. The molecule has 6 heteroatoms. The van der Waals surface area contributed by atoms with Gasteiger partial charge in [-0.05, 0) is 83.5 Å². The topological polar surface area (TPSA) is 78.9 Å². The van der Waals surface area contributed by atoms with E-state index in [1.54, 1.807) is 0 Å². The molecular formula is C74H136O6. The Bertz CT molecular complexity index is 1380. The van der Waals surface area contributed by atoms with Crippen LogP contribution in [0.25, 0.3) is 0 Å². The molecule has 0 bridgehead atoms. The molecule has 468 valence electrons. The first-order valence-electron chi connectivity index (χ1n) is 35.6. The van der Waals surface area contributed by atoms with E-state index in [4.69, 9.17) is 14.2 Å². The number of unbranched alkanes of at least 4 members (excludes halogenated alkanes) is 47. The standard InChI is InChI=1S/C74H136O6/c1-4-7-10-13-16-19-21-23-25-27-29-31-32-33-34-35-36-37-38-39-40-41-42-44-45-47-49-51-53-55-58-61-64-67-73(76)79-70-71(69-78-72(75)66-63-60-57-18-15-12-9-6-3)80-74(77)68-65-62-59-56-54-52-50-48-46-43-30-28-26-24-22-20-17-14-11-8-5-2/h21-24,27-30,71H,4-20,25-26,31-70H2,1-3H3/b23-21-,24-22-,29-27-,30-28-. The third-order valence-corrected chi connectivity index (χ3v) is 16.1. The molecule has 0 aromatic rings. The fourth-order valence-corrected chi connectivity index (χ4v) is 10.7. The molecule has 0 aromatic heterocycles. The average molecular weight is 1120 g/mol. The first kappa shape index (κ1) is 77.4. The van der Waals surface area contributed by atoms with Gasteiger partial charge in [-0.3, -0.25) is 14.4 Å². The molecule has 1 unspecified atom stereocenters. The summed E-state index contributed by atoms with van der Waals surface area (Å²) in [5.74, 6) is -0.855. The largest absolute Gasteiger partial charge is 0.462 e. The highest BCUT2D eigenvalue weighted by Crippen LogP contribution is 2.18. The zero-order valence-corrected chi connectivity index (χ0v) is 53.9. The van der Waals surface area contributed by atoms with Gasteiger partial charge in [0, 0.05) is 19.3 Å². The lowest BCUT2D eigenvalue weighted by Gasteiger charge is -2.18. The van der Waals surface area contributed by atoms with Crippen LogP contribution in [0.1, 0.15) is 387 Å². The zero-order chi connectivity index (χ0) is 57.8. The number of allylic oxidation sites excluding steroid dienone is 8. The van der Waals surface area contributed by atoms with Gasteiger partial charge in [0.1, 0.15) is 13.2 Å². The molecule has 0 spiro atoms. The quantitative estimate of drug-likeness (QED) is 0.0261. The number of esters is 3. The van der Waals surface area contributed by atoms with Crippen molar-refractivity contribution in [1.82, 2.24) is 0 Å². The van der Waals surface area contributed by atoms with Crippen LogP contribution >= 0.6 is 0 Å². The fourth-order valence-electron chi connectivity index (χ4n) is 10.7. The van der Waals surface area contributed by atoms with Crippen LogP contribution < -0.4 is 0 Å². The molecule has 0 aliphatic heterocycles. The maximum atomic E-state index is 12.9. The Morgan fingerprint density at radius 2 is 0.450 bits per heavy atom. The molecule has 0 fully saturated rings. The lowest BCUT2D eigenvalue weighted by Crippen LogP contribution is -2.30. The van der Waals surface area contributed by atoms with E-state index in [1.165, 1.54) is 276 Å². The number of hydrogen-bond donors (Lipinski definition) is 0. The molecule has 0 aliphatic carbocycles. The van der Waals surface area contributed by atoms with Crippen molar-refractivity contribution in [3.8, 4) is 0 Å². The molecule has 0 saturated heterocycles. The number of ether oxygens (including phenoxy) is 3. The summed E-state index contributed by atoms with van der Waals surface area (Å²) < 4.78 is 16.9. The van der Waals surface area contributed by atoms with Gasteiger partial charge in [-0.2, -0.15) is 0 Å². The zero-order valence-electron chi connectivity index (χ0n) is 53.9. The number of rotatable bonds is 66. The number of carbonyl (C=O) groups is 3. The Morgan fingerprint density at radius 3 is 0.688 bits per heavy atom. The van der Waals surface area contributed by atoms with Crippen molar-refractivity contribution < 1.29 is 28.6 Å². The lowest BCUT2D eigenvalue weighted by molar-refractivity contribution is -0.167. The van der Waals surface area contributed by atoms with E-state index in [1.807, 2.05) is 0 Å². The Morgan fingerprint density at radius 1 is 0.250 bits per heavy atom. The molecule has 0 aromatic carbocycles. The van der Waals surface area contributed by atoms with Gasteiger partial charge in [0.2, 0.25) is 0 Å². The minimum atomic E-state index is -0.771. The predicted molar refractivity (Wildman–Crippen MR) is 349 cm³/mol. The van der Waals surface area contributed by atoms with Crippen molar-refractivity contribution >= 4 is 17.9 Å². The highest BCUT2D eigenvalue weighted by molar-refractivity contribution is 5.71. The Balaban J connectivity index is 4.02. The Kier molecular flexibility index (Phi) is 66.6. The van der Waals surface area contributed by atoms with Crippen molar-refractivity contribution in [3.63, 3.8) is 0 Å². The van der Waals surface area contributed by atoms with Crippen LogP contribution in [0.5, 0.6) is 0 Å². The molecule has 0 heterocycles. The second kappa shape index (κ2) is 68.9. The first-order valence-corrected chi connectivity index (χ1v) is 35.6. The van der Waals surface area contributed by atoms with Crippen LogP contribution in [0, 0.1) is 0 Å². The van der Waals surface area contributed by atoms with Crippen LogP contribution in [0.3, 0.4) is 0 Å². The van der Waals surface area contributed by atoms with E-state index in [2.05, 4.69) is 69.4 Å². The maximum absolute atomic E-state index is 12.9. The minimum Gasteiger partial charge on any atom is -0.462 e. The predicted octanol–water partition coefficient (Wildman–Crippen LogP) is 24.5. The van der Waals surface area contributed by atoms with Gasteiger partial charge < -0.3 is 14.2 Å². The Hall–Kier alpha value is -2.63. The van der Waals surface area contributed by atoms with Crippen LogP contribution in [0.2, 0.25) is 0 Å². The smallest absolute Gasteiger partial charge is 0.306 e. The highest BCUT2D eigenvalue weighted by Gasteiger charge is 2.19. The van der Waals surface area contributed by atoms with Gasteiger partial charge >= 0.3 is 17.9 Å². The van der Waals surface area contributed by atoms with E-state index in [0.29, 0.717) is 19.3 Å². The van der Waals surface area contributed by atoms with E-state index in [9.17, 15) is 14.4 Å². The van der Waals surface area contributed by atoms with Crippen molar-refractivity contribution in [3.05, 3.63) is 48.6 Å². The summed E-state index contributed by atoms with van der Waals surface area (Å²) in [5, 5.41) is 0. The second-order valence-corrected chi connectivity index (χ2v) is 24.1. The number of hydrogen-bond acceptors (Lipinski definition) is 6. The molecule has 0 saturated carbocycles. The lowest BCUT2D eigenvalue weighted by atomic mass is 10.0. The van der Waals surface area contributed by atoms with Crippen LogP contribution in [0.4, 0.5) is 0 Å². The molecule has 0 N–H and O–H groups in total. The van der Waals surface area contributed by atoms with Crippen molar-refractivity contribution in [2.45, 2.75) is 393 Å². The van der Waals surface area contributed by atoms with E-state index in [-0.39, 0.29) is 31.1 Å². The molecule has 80 heavy (non-hydrogen) atoms. The summed E-state index contributed by atoms with van der Waals surface area (Å²) in [6.07, 6.45) is 87.4. The summed E-state index contributed by atoms with van der Waals surface area (Å²) in [7, 11) is 0. The first-order chi connectivity index (χ1) is 39.5. The summed E-state index contributed by atoms with van der Waals surface area (Å²) in [6, 6.07) is 0. The van der Waals surface area contributed by atoms with Crippen LogP contribution in [0.15, 0.2) is 48.6 Å². The van der Waals surface area contributed by atoms with E-state index in [0.717, 1.165) is 70.6 Å². The third-order valence-electron chi connectivity index (χ3n) is 16.1. The van der Waals surface area contributed by atoms with Gasteiger partial charge in [0.15, 0.2) is 6.10 Å². The van der Waals surface area contributed by atoms with E-state index < -0.39 is 6.10 Å². The summed E-state index contributed by atoms with van der Waals surface area (Å²) >= 11 is 0. The van der Waals surface area contributed by atoms with Crippen LogP contribution in [-0.4, -0.2) is 37.2 Å². The summed E-state index contributed by atoms with van der Waals surface area (Å²) in [6.45, 7) is 6.64. The number of carbonyl (C=O) groups excluding carboxylic acids is 3. The van der Waals surface area contributed by atoms with Crippen molar-refractivity contribution in [1.29, 1.82) is 0 Å². The van der Waals surface area contributed by atoms with Gasteiger partial charge in [0.25, 0.3) is 0 Å². The molecule has 0 aliphatic rings. The monoisotopic (exact) mass is 1120 g/mol. The molecule has 0 rings (SSSR count). The van der Waals surface area contributed by atoms with Gasteiger partial charge in [0.05, 0.1) is 0 Å². The maximum Gasteiger partial charge on any atom is 0.306 e. The van der Waals surface area contributed by atoms with Crippen LogP contribution in [-0.2, 0) is 28.6 Å². The SMILES string of the molecule is CCCCCCC/C=C\C/C=C\CCCCCCCCCCCCCCCCCCCCCCCC(=O)OCC(COC(=O)CCCCCCCCCC)OC(=O)CCCCCCCCCCC/C=C\C/C=C\CCCCCCC. The molecule has 0 radical (unpaired) electrons. The van der Waals surface area contributed by atoms with Gasteiger partial charge in [-0.15, -0.1) is 0 Å². The van der Waals surface area contributed by atoms with Crippen molar-refractivity contribution in [2.24, 2.45) is 0 Å². The molecule has 6 nitrogen and oxygen atoms in total. The highest BCUT2D eigenvalue weighted by atomic mass is 16.6. The summed E-state index contributed by atoms with van der Waals surface area (Å²) in [5.41, 5.74) is 0. The molecule has 0 amide bonds. The summed E-state index contributed by atoms with van der Waals surface area (Å²) in [4.78, 5) is 38.2. The Labute approximate surface area is 498 Å². The molecule has 1 atom stereocenters. The van der Waals surface area contributed by atoms with Gasteiger partial charge in [-0.1, -0.05) is 333 Å². The fraction of sp³-hybridized carbons (Fsp3) is 0.851. The second-order valence-electron chi connectivity index (χ2n) is 24.1. The normalized spacial score (nSPS) is 12.3. The third kappa shape index (κ3) is 66.2. The van der Waals surface area contributed by atoms with E-state index >= 15 is 0 Å². The average Bonchev–Trinajstić information content (AvgIpc) is 3.46. The van der Waals surface area contributed by atoms with Gasteiger partial charge in [-0.25, -0.2) is 0 Å². The minimum absolute atomic E-state index is 0.0697. The van der Waals surface area contributed by atoms with Crippen molar-refractivity contribution in [2.75, 3.05) is 13.2 Å².